The van der Waals surface area contributed by atoms with E-state index < -0.39 is 0 Å². The molecule has 5 N–H and O–H groups in total. The number of amidine groups is 1. The van der Waals surface area contributed by atoms with E-state index in [1.807, 2.05) is 11.9 Å². The number of hydrogen-bond acceptors (Lipinski definition) is 4. The van der Waals surface area contributed by atoms with Crippen LogP contribution in [0.1, 0.15) is 38.5 Å². The molecule has 0 aromatic carbocycles. The zero-order chi connectivity index (χ0) is 15.9. The molecule has 0 radical (unpaired) electrons. The molecule has 0 spiro atoms. The molecule has 7 nitrogen and oxygen atoms in total. The molecule has 2 rings (SSSR count). The number of rotatable bonds is 5. The summed E-state index contributed by atoms with van der Waals surface area (Å²) in [6.45, 7) is 2.40. The number of guanidine groups is 1. The lowest BCUT2D eigenvalue weighted by molar-refractivity contribution is -0.133. The molecule has 1 saturated heterocycles. The van der Waals surface area contributed by atoms with Crippen LogP contribution in [0.5, 0.6) is 0 Å². The fourth-order valence-corrected chi connectivity index (χ4v) is 3.26. The summed E-state index contributed by atoms with van der Waals surface area (Å²) in [7, 11) is 1.88. The maximum Gasteiger partial charge on any atom is 0.224 e. The zero-order valence-corrected chi connectivity index (χ0v) is 13.4. The second-order valence-corrected chi connectivity index (χ2v) is 6.20. The summed E-state index contributed by atoms with van der Waals surface area (Å²) >= 11 is 0. The Kier molecular flexibility index (Phi) is 6.03. The highest BCUT2D eigenvalue weighted by atomic mass is 16.2. The van der Waals surface area contributed by atoms with Crippen LogP contribution < -0.4 is 16.4 Å². The minimum Gasteiger partial charge on any atom is -0.377 e. The summed E-state index contributed by atoms with van der Waals surface area (Å²) in [5, 5.41) is 13.1. The average Bonchev–Trinajstić information content (AvgIpc) is 2.95. The Bertz CT molecular complexity index is 436. The molecule has 2 aliphatic rings. The predicted molar refractivity (Wildman–Crippen MR) is 88.0 cm³/mol. The highest BCUT2D eigenvalue weighted by molar-refractivity contribution is 5.85. The third-order valence-corrected chi connectivity index (χ3v) is 4.49. The third-order valence-electron chi connectivity index (χ3n) is 4.49. The molecule has 2 atom stereocenters. The van der Waals surface area contributed by atoms with Crippen LogP contribution in [0.3, 0.4) is 0 Å². The normalized spacial score (nSPS) is 24.8. The highest BCUT2D eigenvalue weighted by Crippen LogP contribution is 2.22. The lowest BCUT2D eigenvalue weighted by Gasteiger charge is -2.33. The number of nitrogens with two attached hydrogens (primary N) is 1. The first kappa shape index (κ1) is 16.6. The van der Waals surface area contributed by atoms with Crippen LogP contribution in [-0.2, 0) is 4.79 Å². The lowest BCUT2D eigenvalue weighted by atomic mass is 9.94. The van der Waals surface area contributed by atoms with E-state index in [-0.39, 0.29) is 17.9 Å². The Morgan fingerprint density at radius 2 is 2.32 bits per heavy atom. The van der Waals surface area contributed by atoms with Crippen molar-refractivity contribution in [1.29, 1.82) is 5.41 Å². The van der Waals surface area contributed by atoms with Crippen LogP contribution in [0.25, 0.3) is 0 Å². The van der Waals surface area contributed by atoms with Gasteiger partial charge in [-0.2, -0.15) is 0 Å². The second kappa shape index (κ2) is 8.00. The minimum atomic E-state index is 0.0168. The number of piperidine rings is 1. The van der Waals surface area contributed by atoms with Crippen LogP contribution in [0, 0.1) is 11.3 Å². The van der Waals surface area contributed by atoms with Crippen molar-refractivity contribution in [1.82, 2.24) is 15.5 Å². The van der Waals surface area contributed by atoms with Gasteiger partial charge in [0.05, 0.1) is 11.9 Å². The fourth-order valence-electron chi connectivity index (χ4n) is 3.26. The van der Waals surface area contributed by atoms with Crippen molar-refractivity contribution in [2.75, 3.05) is 26.7 Å². The zero-order valence-electron chi connectivity index (χ0n) is 13.4. The Morgan fingerprint density at radius 3 is 3.00 bits per heavy atom. The molecule has 2 heterocycles. The summed E-state index contributed by atoms with van der Waals surface area (Å²) in [5.41, 5.74) is 5.29. The van der Waals surface area contributed by atoms with Crippen molar-refractivity contribution < 1.29 is 4.79 Å². The summed E-state index contributed by atoms with van der Waals surface area (Å²) in [5.74, 6) is 1.77. The minimum absolute atomic E-state index is 0.0168. The van der Waals surface area contributed by atoms with Gasteiger partial charge in [0, 0.05) is 39.5 Å². The number of likely N-dealkylation sites (tertiary alicyclic amines) is 1. The quantitative estimate of drug-likeness (QED) is 0.432. The van der Waals surface area contributed by atoms with Crippen LogP contribution >= 0.6 is 0 Å². The van der Waals surface area contributed by atoms with Crippen molar-refractivity contribution in [3.05, 3.63) is 0 Å². The second-order valence-electron chi connectivity index (χ2n) is 6.20. The van der Waals surface area contributed by atoms with Crippen LogP contribution in [-0.4, -0.2) is 55.3 Å². The number of nitrogens with zero attached hydrogens (tertiary/aromatic N) is 2. The van der Waals surface area contributed by atoms with E-state index in [0.29, 0.717) is 18.9 Å². The number of carbonyl (C=O) groups excluding carboxylic acids is 1. The first-order valence-corrected chi connectivity index (χ1v) is 8.18. The molecule has 0 aromatic heterocycles. The monoisotopic (exact) mass is 308 g/mol. The van der Waals surface area contributed by atoms with E-state index >= 15 is 0 Å². The molecule has 0 bridgehead atoms. The van der Waals surface area contributed by atoms with Crippen molar-refractivity contribution in [3.63, 3.8) is 0 Å². The highest BCUT2D eigenvalue weighted by Gasteiger charge is 2.26. The van der Waals surface area contributed by atoms with Crippen molar-refractivity contribution in [3.8, 4) is 0 Å². The van der Waals surface area contributed by atoms with Gasteiger partial charge in [0.2, 0.25) is 5.91 Å². The molecular weight excluding hydrogens is 280 g/mol. The fraction of sp³-hybridized carbons (Fsp3) is 0.800. The van der Waals surface area contributed by atoms with Gasteiger partial charge in [0.1, 0.15) is 0 Å². The first-order valence-electron chi connectivity index (χ1n) is 8.18. The predicted octanol–water partition coefficient (Wildman–Crippen LogP) is 0.269. The van der Waals surface area contributed by atoms with E-state index in [1.54, 1.807) is 0 Å². The summed E-state index contributed by atoms with van der Waals surface area (Å²) in [4.78, 5) is 19.0. The number of hydrogen-bond donors (Lipinski definition) is 4. The van der Waals surface area contributed by atoms with Gasteiger partial charge in [-0.1, -0.05) is 0 Å². The molecule has 124 valence electrons. The smallest absolute Gasteiger partial charge is 0.224 e. The maximum atomic E-state index is 12.4. The summed E-state index contributed by atoms with van der Waals surface area (Å²) in [6, 6.07) is 0.148. The van der Waals surface area contributed by atoms with Gasteiger partial charge in [-0.05, 0) is 31.6 Å². The molecule has 1 amide bonds. The van der Waals surface area contributed by atoms with E-state index in [4.69, 9.17) is 11.1 Å². The molecular formula is C15H28N6O. The first-order chi connectivity index (χ1) is 10.6. The largest absolute Gasteiger partial charge is 0.377 e. The van der Waals surface area contributed by atoms with Gasteiger partial charge < -0.3 is 21.3 Å². The van der Waals surface area contributed by atoms with Gasteiger partial charge in [-0.3, -0.25) is 15.2 Å². The Labute approximate surface area is 132 Å². The van der Waals surface area contributed by atoms with Crippen LogP contribution in [0.2, 0.25) is 0 Å². The van der Waals surface area contributed by atoms with Gasteiger partial charge in [-0.15, -0.1) is 0 Å². The number of amides is 1. The van der Waals surface area contributed by atoms with Crippen molar-refractivity contribution >= 4 is 17.7 Å². The standard InChI is InChI=1S/C15H28N6O/c1-18-13-5-4-12(20-13)9-14(22)21-8-2-3-11(10-21)6-7-19-15(16)17/h11-12H,2-10H2,1H3,(H,18,20)(H4,16,17,19). The van der Waals surface area contributed by atoms with Crippen molar-refractivity contribution in [2.45, 2.75) is 44.6 Å². The lowest BCUT2D eigenvalue weighted by Crippen LogP contribution is -2.42. The summed E-state index contributed by atoms with van der Waals surface area (Å²) < 4.78 is 0. The number of aliphatic imine (C=N–C) groups is 1. The third kappa shape index (κ3) is 4.89. The van der Waals surface area contributed by atoms with E-state index in [2.05, 4.69) is 15.6 Å². The molecule has 2 aliphatic heterocycles. The van der Waals surface area contributed by atoms with Crippen LogP contribution in [0.4, 0.5) is 0 Å². The molecule has 0 saturated carbocycles. The average molecular weight is 308 g/mol. The Morgan fingerprint density at radius 1 is 1.50 bits per heavy atom. The van der Waals surface area contributed by atoms with Gasteiger partial charge in [0.25, 0.3) is 0 Å². The maximum absolute atomic E-state index is 12.4. The molecule has 0 aromatic rings. The number of carbonyl (C=O) groups is 1. The Hall–Kier alpha value is -1.79. The SMILES string of the molecule is CNC1=NC(CC(=O)N2CCCC(CCNC(=N)N)C2)CC1. The van der Waals surface area contributed by atoms with Gasteiger partial charge in [-0.25, -0.2) is 0 Å². The Balaban J connectivity index is 1.75. The molecule has 7 heteroatoms. The molecule has 22 heavy (non-hydrogen) atoms. The van der Waals surface area contributed by atoms with Crippen LogP contribution in [0.15, 0.2) is 4.99 Å². The molecule has 0 aliphatic carbocycles. The van der Waals surface area contributed by atoms with Crippen molar-refractivity contribution in [2.24, 2.45) is 16.6 Å². The van der Waals surface area contributed by atoms with Gasteiger partial charge in [0.15, 0.2) is 5.96 Å². The molecule has 2 unspecified atom stereocenters. The van der Waals surface area contributed by atoms with E-state index in [9.17, 15) is 4.79 Å². The van der Waals surface area contributed by atoms with E-state index in [1.165, 1.54) is 0 Å². The number of nitrogens with one attached hydrogen (secondary N) is 3. The molecule has 1 fully saturated rings. The topological polar surface area (TPSA) is 107 Å². The van der Waals surface area contributed by atoms with E-state index in [0.717, 1.165) is 51.0 Å². The van der Waals surface area contributed by atoms with Gasteiger partial charge >= 0.3 is 0 Å². The summed E-state index contributed by atoms with van der Waals surface area (Å²) in [6.07, 6.45) is 5.62.